The first-order valence-electron chi connectivity index (χ1n) is 10.4. The SMILES string of the molecule is C=CCO[C@@H]1[C@H](OCC=C)[C@@H](Sc2ccccc2)O[C@@H]2COC(c3ccccc3)O[C@@H]12. The van der Waals surface area contributed by atoms with Crippen LogP contribution < -0.4 is 0 Å². The van der Waals surface area contributed by atoms with Crippen LogP contribution in [-0.4, -0.2) is 49.7 Å². The second kappa shape index (κ2) is 11.1. The molecule has 0 radical (unpaired) electrons. The summed E-state index contributed by atoms with van der Waals surface area (Å²) in [5.74, 6) is 0. The van der Waals surface area contributed by atoms with E-state index in [1.165, 1.54) is 0 Å². The smallest absolute Gasteiger partial charge is 0.184 e. The molecule has 2 saturated heterocycles. The number of hydrogen-bond donors (Lipinski definition) is 0. The van der Waals surface area contributed by atoms with Crippen molar-refractivity contribution in [2.75, 3.05) is 19.8 Å². The van der Waals surface area contributed by atoms with E-state index in [2.05, 4.69) is 25.3 Å². The number of thioether (sulfide) groups is 1. The maximum atomic E-state index is 6.45. The zero-order chi connectivity index (χ0) is 21.5. The summed E-state index contributed by atoms with van der Waals surface area (Å²) in [6.45, 7) is 8.80. The summed E-state index contributed by atoms with van der Waals surface area (Å²) in [5, 5.41) is 0. The molecule has 0 aliphatic carbocycles. The fraction of sp³-hybridized carbons (Fsp3) is 0.360. The normalized spacial score (nSPS) is 30.3. The summed E-state index contributed by atoms with van der Waals surface area (Å²) in [6.07, 6.45) is 1.72. The van der Waals surface area contributed by atoms with Crippen LogP contribution in [0.4, 0.5) is 0 Å². The second-order valence-corrected chi connectivity index (χ2v) is 8.50. The van der Waals surface area contributed by atoms with Crippen LogP contribution in [0.5, 0.6) is 0 Å². The van der Waals surface area contributed by atoms with Gasteiger partial charge in [0.25, 0.3) is 0 Å². The standard InChI is InChI=1S/C25H28O5S/c1-3-15-26-22-21-20(17-28-24(30-21)18-11-7-5-8-12-18)29-25(23(22)27-16-4-2)31-19-13-9-6-10-14-19/h3-14,20-25H,1-2,15-17H2/t20-,21-,22+,23+,24?,25-/m1/s1. The van der Waals surface area contributed by atoms with Crippen LogP contribution in [0.2, 0.25) is 0 Å². The third kappa shape index (κ3) is 5.47. The molecule has 0 amide bonds. The van der Waals surface area contributed by atoms with Crippen LogP contribution in [0.1, 0.15) is 11.9 Å². The van der Waals surface area contributed by atoms with Gasteiger partial charge in [-0.1, -0.05) is 72.4 Å². The molecule has 164 valence electrons. The van der Waals surface area contributed by atoms with Gasteiger partial charge in [0.1, 0.15) is 29.9 Å². The third-order valence-electron chi connectivity index (χ3n) is 5.16. The van der Waals surface area contributed by atoms with Gasteiger partial charge in [0.2, 0.25) is 0 Å². The number of rotatable bonds is 9. The predicted octanol–water partition coefficient (Wildman–Crippen LogP) is 4.76. The van der Waals surface area contributed by atoms with E-state index in [4.69, 9.17) is 23.7 Å². The Morgan fingerprint density at radius 1 is 0.871 bits per heavy atom. The summed E-state index contributed by atoms with van der Waals surface area (Å²) >= 11 is 1.61. The van der Waals surface area contributed by atoms with Crippen LogP contribution in [0.15, 0.2) is 90.9 Å². The van der Waals surface area contributed by atoms with Crippen molar-refractivity contribution in [2.24, 2.45) is 0 Å². The van der Waals surface area contributed by atoms with Crippen molar-refractivity contribution >= 4 is 11.8 Å². The Bertz CT molecular complexity index is 830. The fourth-order valence-corrected chi connectivity index (χ4v) is 4.93. The molecular weight excluding hydrogens is 412 g/mol. The zero-order valence-corrected chi connectivity index (χ0v) is 18.2. The van der Waals surface area contributed by atoms with Gasteiger partial charge in [-0.15, -0.1) is 13.2 Å². The Labute approximate surface area is 188 Å². The topological polar surface area (TPSA) is 46.2 Å². The molecule has 0 aromatic heterocycles. The summed E-state index contributed by atoms with van der Waals surface area (Å²) < 4.78 is 31.2. The van der Waals surface area contributed by atoms with E-state index in [0.717, 1.165) is 10.5 Å². The van der Waals surface area contributed by atoms with Crippen LogP contribution in [0.3, 0.4) is 0 Å². The van der Waals surface area contributed by atoms with E-state index in [0.29, 0.717) is 19.8 Å². The minimum atomic E-state index is -0.473. The highest BCUT2D eigenvalue weighted by Crippen LogP contribution is 2.41. The highest BCUT2D eigenvalue weighted by Gasteiger charge is 2.51. The molecule has 0 bridgehead atoms. The number of hydrogen-bond acceptors (Lipinski definition) is 6. The summed E-state index contributed by atoms with van der Waals surface area (Å²) in [6, 6.07) is 20.0. The van der Waals surface area contributed by atoms with E-state index in [9.17, 15) is 0 Å². The molecule has 4 rings (SSSR count). The van der Waals surface area contributed by atoms with Gasteiger partial charge in [-0.05, 0) is 12.1 Å². The molecule has 2 aromatic rings. The number of benzene rings is 2. The molecule has 2 heterocycles. The van der Waals surface area contributed by atoms with Crippen molar-refractivity contribution < 1.29 is 23.7 Å². The van der Waals surface area contributed by atoms with Crippen molar-refractivity contribution in [3.8, 4) is 0 Å². The molecule has 0 N–H and O–H groups in total. The van der Waals surface area contributed by atoms with E-state index in [1.807, 2.05) is 48.5 Å². The van der Waals surface area contributed by atoms with Gasteiger partial charge >= 0.3 is 0 Å². The molecule has 5 nitrogen and oxygen atoms in total. The van der Waals surface area contributed by atoms with Crippen molar-refractivity contribution in [1.82, 2.24) is 0 Å². The lowest BCUT2D eigenvalue weighted by atomic mass is 9.98. The Morgan fingerprint density at radius 2 is 1.52 bits per heavy atom. The molecule has 1 unspecified atom stereocenters. The highest BCUT2D eigenvalue weighted by atomic mass is 32.2. The van der Waals surface area contributed by atoms with Crippen molar-refractivity contribution in [3.63, 3.8) is 0 Å². The van der Waals surface area contributed by atoms with Gasteiger partial charge in [-0.3, -0.25) is 0 Å². The molecule has 31 heavy (non-hydrogen) atoms. The van der Waals surface area contributed by atoms with E-state index in [-0.39, 0.29) is 29.9 Å². The summed E-state index contributed by atoms with van der Waals surface area (Å²) in [7, 11) is 0. The van der Waals surface area contributed by atoms with Gasteiger partial charge in [0, 0.05) is 10.5 Å². The Kier molecular flexibility index (Phi) is 7.97. The van der Waals surface area contributed by atoms with Gasteiger partial charge in [-0.25, -0.2) is 0 Å². The van der Waals surface area contributed by atoms with Crippen molar-refractivity contribution in [1.29, 1.82) is 0 Å². The quantitative estimate of drug-likeness (QED) is 0.524. The maximum Gasteiger partial charge on any atom is 0.184 e. The average molecular weight is 441 g/mol. The first-order chi connectivity index (χ1) is 15.3. The minimum absolute atomic E-state index is 0.264. The lowest BCUT2D eigenvalue weighted by molar-refractivity contribution is -0.325. The lowest BCUT2D eigenvalue weighted by Gasteiger charge is -2.49. The first kappa shape index (κ1) is 22.3. The van der Waals surface area contributed by atoms with Crippen LogP contribution in [-0.2, 0) is 23.7 Å². The third-order valence-corrected chi connectivity index (χ3v) is 6.32. The Morgan fingerprint density at radius 3 is 2.19 bits per heavy atom. The molecule has 0 spiro atoms. The molecular formula is C25H28O5S. The van der Waals surface area contributed by atoms with Gasteiger partial charge in [0.15, 0.2) is 6.29 Å². The van der Waals surface area contributed by atoms with Crippen LogP contribution in [0, 0.1) is 0 Å². The molecule has 2 fully saturated rings. The predicted molar refractivity (Wildman–Crippen MR) is 121 cm³/mol. The molecule has 0 saturated carbocycles. The monoisotopic (exact) mass is 440 g/mol. The molecule has 6 atom stereocenters. The van der Waals surface area contributed by atoms with Crippen LogP contribution >= 0.6 is 11.8 Å². The second-order valence-electron chi connectivity index (χ2n) is 7.32. The Hall–Kier alpha value is -1.93. The van der Waals surface area contributed by atoms with Crippen molar-refractivity contribution in [2.45, 2.75) is 41.0 Å². The largest absolute Gasteiger partial charge is 0.368 e. The van der Waals surface area contributed by atoms with E-state index in [1.54, 1.807) is 23.9 Å². The Balaban J connectivity index is 1.58. The summed E-state index contributed by atoms with van der Waals surface area (Å²) in [4.78, 5) is 1.10. The van der Waals surface area contributed by atoms with Gasteiger partial charge < -0.3 is 23.7 Å². The molecule has 6 heteroatoms. The van der Waals surface area contributed by atoms with Gasteiger partial charge in [0.05, 0.1) is 19.8 Å². The highest BCUT2D eigenvalue weighted by molar-refractivity contribution is 7.99. The first-order valence-corrected chi connectivity index (χ1v) is 11.3. The average Bonchev–Trinajstić information content (AvgIpc) is 2.82. The van der Waals surface area contributed by atoms with Crippen LogP contribution in [0.25, 0.3) is 0 Å². The van der Waals surface area contributed by atoms with E-state index < -0.39 is 6.29 Å². The number of fused-ring (bicyclic) bond motifs is 1. The van der Waals surface area contributed by atoms with E-state index >= 15 is 0 Å². The molecule has 2 aliphatic heterocycles. The lowest BCUT2D eigenvalue weighted by Crippen LogP contribution is -2.62. The van der Waals surface area contributed by atoms with Gasteiger partial charge in [-0.2, -0.15) is 0 Å². The summed E-state index contributed by atoms with van der Waals surface area (Å²) in [5.41, 5.74) is 0.687. The fourth-order valence-electron chi connectivity index (χ4n) is 3.78. The minimum Gasteiger partial charge on any atom is -0.368 e. The molecule has 2 aromatic carbocycles. The number of ether oxygens (including phenoxy) is 5. The van der Waals surface area contributed by atoms with Crippen molar-refractivity contribution in [3.05, 3.63) is 91.5 Å². The maximum absolute atomic E-state index is 6.45. The zero-order valence-electron chi connectivity index (χ0n) is 17.4. The molecule has 2 aliphatic rings.